The lowest BCUT2D eigenvalue weighted by molar-refractivity contribution is -0.137. The van der Waals surface area contributed by atoms with Crippen molar-refractivity contribution in [3.8, 4) is 5.75 Å². The van der Waals surface area contributed by atoms with Crippen LogP contribution in [0.3, 0.4) is 0 Å². The van der Waals surface area contributed by atoms with Crippen LogP contribution in [0.25, 0.3) is 0 Å². The van der Waals surface area contributed by atoms with E-state index in [0.717, 1.165) is 23.8 Å². The van der Waals surface area contributed by atoms with Gasteiger partial charge in [0, 0.05) is 6.54 Å². The summed E-state index contributed by atoms with van der Waals surface area (Å²) in [7, 11) is 1.30. The molecule has 0 aliphatic rings. The van der Waals surface area contributed by atoms with Crippen LogP contribution in [0.2, 0.25) is 0 Å². The standard InChI is InChI=1S/C17H19F3N4O2.C2H6/c1-26-15-5-3-11(17(18,19)20)9-14(15)24-16(25)23-7-6-10-2-4-12(21)13(22)8-10;1-2/h2-5,8-9H,6-7,21-22H2,1H3,(H2,23,24,25);1-2H3. The van der Waals surface area contributed by atoms with Gasteiger partial charge in [-0.05, 0) is 42.3 Å². The van der Waals surface area contributed by atoms with Crippen LogP contribution in [0.5, 0.6) is 5.75 Å². The van der Waals surface area contributed by atoms with Crippen LogP contribution < -0.4 is 26.8 Å². The van der Waals surface area contributed by atoms with Gasteiger partial charge in [0.15, 0.2) is 0 Å². The number of halogens is 3. The molecule has 0 aliphatic heterocycles. The molecule has 0 radical (unpaired) electrons. The van der Waals surface area contributed by atoms with Gasteiger partial charge in [-0.1, -0.05) is 19.9 Å². The van der Waals surface area contributed by atoms with E-state index < -0.39 is 17.8 Å². The number of carbonyl (C=O) groups is 1. The van der Waals surface area contributed by atoms with Gasteiger partial charge in [-0.15, -0.1) is 0 Å². The van der Waals surface area contributed by atoms with Gasteiger partial charge in [-0.2, -0.15) is 13.2 Å². The van der Waals surface area contributed by atoms with Gasteiger partial charge >= 0.3 is 12.2 Å². The van der Waals surface area contributed by atoms with Gasteiger partial charge in [0.25, 0.3) is 0 Å². The van der Waals surface area contributed by atoms with Gasteiger partial charge < -0.3 is 26.8 Å². The number of methoxy groups -OCH3 is 1. The lowest BCUT2D eigenvalue weighted by atomic mass is 10.1. The Morgan fingerprint density at radius 2 is 1.75 bits per heavy atom. The lowest BCUT2D eigenvalue weighted by Crippen LogP contribution is -2.30. The highest BCUT2D eigenvalue weighted by Crippen LogP contribution is 2.34. The maximum atomic E-state index is 12.8. The molecule has 2 aromatic carbocycles. The first kappa shape index (κ1) is 22.9. The van der Waals surface area contributed by atoms with E-state index in [1.807, 2.05) is 13.8 Å². The molecule has 0 aliphatic carbocycles. The number of benzene rings is 2. The molecule has 154 valence electrons. The van der Waals surface area contributed by atoms with Crippen molar-refractivity contribution in [2.45, 2.75) is 26.4 Å². The van der Waals surface area contributed by atoms with Gasteiger partial charge in [-0.3, -0.25) is 0 Å². The Morgan fingerprint density at radius 1 is 1.07 bits per heavy atom. The van der Waals surface area contributed by atoms with Crippen LogP contribution in [0.1, 0.15) is 25.0 Å². The molecule has 28 heavy (non-hydrogen) atoms. The third-order valence-electron chi connectivity index (χ3n) is 3.63. The second-order valence-corrected chi connectivity index (χ2v) is 5.51. The van der Waals surface area contributed by atoms with Gasteiger partial charge in [0.2, 0.25) is 0 Å². The van der Waals surface area contributed by atoms with Crippen molar-refractivity contribution in [3.63, 3.8) is 0 Å². The Hall–Kier alpha value is -3.10. The number of nitrogens with two attached hydrogens (primary N) is 2. The molecule has 0 aromatic heterocycles. The molecular weight excluding hydrogens is 373 g/mol. The maximum Gasteiger partial charge on any atom is 0.416 e. The molecule has 0 fully saturated rings. The van der Waals surface area contributed by atoms with Crippen molar-refractivity contribution in [1.29, 1.82) is 0 Å². The molecule has 0 atom stereocenters. The zero-order valence-corrected chi connectivity index (χ0v) is 16.0. The summed E-state index contributed by atoms with van der Waals surface area (Å²) in [5.74, 6) is 0.124. The second-order valence-electron chi connectivity index (χ2n) is 5.51. The Morgan fingerprint density at radius 3 is 2.32 bits per heavy atom. The highest BCUT2D eigenvalue weighted by molar-refractivity contribution is 5.91. The van der Waals surface area contributed by atoms with Crippen molar-refractivity contribution >= 4 is 23.1 Å². The highest BCUT2D eigenvalue weighted by Gasteiger charge is 2.31. The Labute approximate surface area is 162 Å². The third kappa shape index (κ3) is 6.57. The summed E-state index contributed by atoms with van der Waals surface area (Å²) in [6.45, 7) is 4.26. The number of nitrogen functional groups attached to an aromatic ring is 2. The van der Waals surface area contributed by atoms with Crippen molar-refractivity contribution in [2.24, 2.45) is 0 Å². The molecule has 0 bridgehead atoms. The van der Waals surface area contributed by atoms with E-state index in [-0.39, 0.29) is 18.0 Å². The number of rotatable bonds is 5. The molecule has 6 nitrogen and oxygen atoms in total. The zero-order chi connectivity index (χ0) is 21.3. The maximum absolute atomic E-state index is 12.8. The van der Waals surface area contributed by atoms with Crippen LogP contribution >= 0.6 is 0 Å². The molecule has 0 heterocycles. The van der Waals surface area contributed by atoms with Gasteiger partial charge in [-0.25, -0.2) is 4.79 Å². The topological polar surface area (TPSA) is 102 Å². The summed E-state index contributed by atoms with van der Waals surface area (Å²) in [6.07, 6.45) is -4.04. The summed E-state index contributed by atoms with van der Waals surface area (Å²) in [4.78, 5) is 11.9. The summed E-state index contributed by atoms with van der Waals surface area (Å²) in [6, 6.07) is 7.35. The number of urea groups is 1. The van der Waals surface area contributed by atoms with Crippen LogP contribution in [0, 0.1) is 0 Å². The predicted octanol–water partition coefficient (Wildman–Crippen LogP) is 4.27. The number of hydrogen-bond donors (Lipinski definition) is 4. The Bertz CT molecular complexity index is 795. The van der Waals surface area contributed by atoms with E-state index in [4.69, 9.17) is 16.2 Å². The van der Waals surface area contributed by atoms with E-state index in [9.17, 15) is 18.0 Å². The van der Waals surface area contributed by atoms with Crippen LogP contribution in [-0.2, 0) is 12.6 Å². The molecule has 0 saturated carbocycles. The van der Waals surface area contributed by atoms with E-state index in [1.165, 1.54) is 7.11 Å². The van der Waals surface area contributed by atoms with E-state index in [0.29, 0.717) is 17.8 Å². The molecule has 2 amide bonds. The van der Waals surface area contributed by atoms with Gasteiger partial charge in [0.05, 0.1) is 29.7 Å². The molecule has 6 N–H and O–H groups in total. The van der Waals surface area contributed by atoms with E-state index >= 15 is 0 Å². The fraction of sp³-hybridized carbons (Fsp3) is 0.316. The Balaban J connectivity index is 0.00000190. The average molecular weight is 398 g/mol. The summed E-state index contributed by atoms with van der Waals surface area (Å²) < 4.78 is 43.4. The second kappa shape index (κ2) is 10.3. The molecular formula is C19H25F3N4O2. The summed E-state index contributed by atoms with van der Waals surface area (Å²) in [5, 5.41) is 4.93. The monoisotopic (exact) mass is 398 g/mol. The number of ether oxygens (including phenoxy) is 1. The third-order valence-corrected chi connectivity index (χ3v) is 3.63. The van der Waals surface area contributed by atoms with Gasteiger partial charge in [0.1, 0.15) is 5.75 Å². The quantitative estimate of drug-likeness (QED) is 0.565. The predicted molar refractivity (Wildman–Crippen MR) is 105 cm³/mol. The molecule has 0 spiro atoms. The first-order valence-corrected chi connectivity index (χ1v) is 8.64. The Kier molecular flexibility index (Phi) is 8.43. The average Bonchev–Trinajstić information content (AvgIpc) is 2.65. The van der Waals surface area contributed by atoms with E-state index in [1.54, 1.807) is 18.2 Å². The van der Waals surface area contributed by atoms with Crippen LogP contribution in [0.15, 0.2) is 36.4 Å². The van der Waals surface area contributed by atoms with E-state index in [2.05, 4.69) is 10.6 Å². The highest BCUT2D eigenvalue weighted by atomic mass is 19.4. The van der Waals surface area contributed by atoms with Crippen molar-refractivity contribution in [3.05, 3.63) is 47.5 Å². The fourth-order valence-electron chi connectivity index (χ4n) is 2.25. The minimum Gasteiger partial charge on any atom is -0.495 e. The first-order valence-electron chi connectivity index (χ1n) is 8.64. The smallest absolute Gasteiger partial charge is 0.416 e. The normalized spacial score (nSPS) is 10.5. The summed E-state index contributed by atoms with van der Waals surface area (Å²) in [5.41, 5.74) is 12.2. The van der Waals surface area contributed by atoms with Crippen molar-refractivity contribution in [2.75, 3.05) is 30.4 Å². The fourth-order valence-corrected chi connectivity index (χ4v) is 2.25. The number of alkyl halides is 3. The zero-order valence-electron chi connectivity index (χ0n) is 16.0. The number of amides is 2. The number of anilines is 3. The van der Waals surface area contributed by atoms with Crippen LogP contribution in [-0.4, -0.2) is 19.7 Å². The molecule has 2 aromatic rings. The van der Waals surface area contributed by atoms with Crippen LogP contribution in [0.4, 0.5) is 35.0 Å². The summed E-state index contributed by atoms with van der Waals surface area (Å²) >= 11 is 0. The first-order chi connectivity index (χ1) is 13.2. The van der Waals surface area contributed by atoms with Crippen molar-refractivity contribution in [1.82, 2.24) is 5.32 Å². The molecule has 0 unspecified atom stereocenters. The molecule has 0 saturated heterocycles. The minimum atomic E-state index is -4.52. The lowest BCUT2D eigenvalue weighted by Gasteiger charge is -2.14. The molecule has 9 heteroatoms. The number of carbonyl (C=O) groups excluding carboxylic acids is 1. The minimum absolute atomic E-state index is 0.0726. The SMILES string of the molecule is CC.COc1ccc(C(F)(F)F)cc1NC(=O)NCCc1ccc(N)c(N)c1. The van der Waals surface area contributed by atoms with Crippen molar-refractivity contribution < 1.29 is 22.7 Å². The largest absolute Gasteiger partial charge is 0.495 e. The number of nitrogens with one attached hydrogen (secondary N) is 2. The number of hydrogen-bond acceptors (Lipinski definition) is 4. The molecule has 2 rings (SSSR count).